The highest BCUT2D eigenvalue weighted by atomic mass is 16.5. The van der Waals surface area contributed by atoms with Crippen molar-refractivity contribution < 1.29 is 9.47 Å². The molecule has 0 spiro atoms. The number of hydrogen-bond acceptors (Lipinski definition) is 2. The number of aryl methyl sites for hydroxylation is 1. The number of methoxy groups -OCH3 is 2. The molecule has 0 amide bonds. The molecule has 0 unspecified atom stereocenters. The largest absolute Gasteiger partial charge is 0.497 e. The van der Waals surface area contributed by atoms with Gasteiger partial charge in [-0.25, -0.2) is 0 Å². The molecule has 0 aliphatic carbocycles. The molecule has 0 atom stereocenters. The third-order valence-electron chi connectivity index (χ3n) is 5.07. The minimum atomic E-state index is 0.720. The van der Waals surface area contributed by atoms with Gasteiger partial charge < -0.3 is 14.0 Å². The fraction of sp³-hybridized carbons (Fsp3) is 0.217. The van der Waals surface area contributed by atoms with E-state index < -0.39 is 0 Å². The highest BCUT2D eigenvalue weighted by Crippen LogP contribution is 2.37. The van der Waals surface area contributed by atoms with Crippen molar-refractivity contribution in [3.8, 4) is 16.9 Å². The van der Waals surface area contributed by atoms with Gasteiger partial charge in [-0.15, -0.1) is 0 Å². The number of benzene rings is 3. The molecule has 0 fully saturated rings. The van der Waals surface area contributed by atoms with E-state index in [1.54, 1.807) is 14.2 Å². The smallest absolute Gasteiger partial charge is 0.118 e. The summed E-state index contributed by atoms with van der Waals surface area (Å²) < 4.78 is 12.9. The molecular weight excluding hydrogens is 322 g/mol. The normalized spacial score (nSPS) is 11.3. The third kappa shape index (κ3) is 2.74. The fourth-order valence-electron chi connectivity index (χ4n) is 3.70. The van der Waals surface area contributed by atoms with Crippen molar-refractivity contribution in [1.82, 2.24) is 4.57 Å². The van der Waals surface area contributed by atoms with Gasteiger partial charge in [0.05, 0.1) is 13.7 Å². The Balaban J connectivity index is 2.02. The van der Waals surface area contributed by atoms with E-state index in [0.29, 0.717) is 0 Å². The highest BCUT2D eigenvalue weighted by Gasteiger charge is 2.14. The molecule has 4 rings (SSSR count). The Bertz CT molecular complexity index is 1060. The first-order valence-electron chi connectivity index (χ1n) is 8.86. The number of rotatable bonds is 5. The van der Waals surface area contributed by atoms with Crippen molar-refractivity contribution in [2.24, 2.45) is 7.05 Å². The van der Waals surface area contributed by atoms with Crippen LogP contribution in [0, 0.1) is 0 Å². The predicted molar refractivity (Wildman–Crippen MR) is 108 cm³/mol. The van der Waals surface area contributed by atoms with Crippen LogP contribution < -0.4 is 4.74 Å². The van der Waals surface area contributed by atoms with E-state index in [0.717, 1.165) is 18.8 Å². The Morgan fingerprint density at radius 3 is 2.38 bits per heavy atom. The van der Waals surface area contributed by atoms with E-state index in [9.17, 15) is 0 Å². The van der Waals surface area contributed by atoms with Crippen molar-refractivity contribution in [2.75, 3.05) is 20.8 Å². The zero-order valence-corrected chi connectivity index (χ0v) is 15.5. The average Bonchev–Trinajstić information content (AvgIpc) is 2.98. The van der Waals surface area contributed by atoms with Crippen LogP contribution in [0.15, 0.2) is 60.7 Å². The van der Waals surface area contributed by atoms with E-state index in [1.165, 1.54) is 38.5 Å². The van der Waals surface area contributed by atoms with E-state index in [4.69, 9.17) is 9.47 Å². The standard InChI is InChI=1S/C23H23NO2/c1-24-21-7-5-4-6-19(21)23-20(17-8-10-18(26-3)11-9-17)14-16(12-13-25-2)15-22(23)24/h4-11,14-15H,12-13H2,1-3H3. The van der Waals surface area contributed by atoms with Gasteiger partial charge in [0.2, 0.25) is 0 Å². The number of para-hydroxylation sites is 1. The second-order valence-electron chi connectivity index (χ2n) is 6.58. The summed E-state index contributed by atoms with van der Waals surface area (Å²) in [5.41, 5.74) is 6.25. The zero-order valence-electron chi connectivity index (χ0n) is 15.5. The van der Waals surface area contributed by atoms with Crippen LogP contribution in [0.4, 0.5) is 0 Å². The van der Waals surface area contributed by atoms with Crippen molar-refractivity contribution in [3.63, 3.8) is 0 Å². The molecule has 0 bridgehead atoms. The molecule has 0 radical (unpaired) electrons. The van der Waals surface area contributed by atoms with Crippen LogP contribution in [0.1, 0.15) is 5.56 Å². The second kappa shape index (κ2) is 6.85. The van der Waals surface area contributed by atoms with Crippen molar-refractivity contribution >= 4 is 21.8 Å². The molecule has 1 heterocycles. The molecule has 0 N–H and O–H groups in total. The van der Waals surface area contributed by atoms with Gasteiger partial charge in [0.1, 0.15) is 5.75 Å². The van der Waals surface area contributed by atoms with Gasteiger partial charge in [-0.1, -0.05) is 36.4 Å². The molecule has 0 saturated heterocycles. The van der Waals surface area contributed by atoms with Crippen LogP contribution in [-0.4, -0.2) is 25.4 Å². The first-order valence-corrected chi connectivity index (χ1v) is 8.86. The topological polar surface area (TPSA) is 23.4 Å². The maximum Gasteiger partial charge on any atom is 0.118 e. The van der Waals surface area contributed by atoms with Gasteiger partial charge in [0, 0.05) is 36.0 Å². The summed E-state index contributed by atoms with van der Waals surface area (Å²) in [5, 5.41) is 2.59. The third-order valence-corrected chi connectivity index (χ3v) is 5.07. The van der Waals surface area contributed by atoms with Crippen LogP contribution in [-0.2, 0) is 18.2 Å². The Hall–Kier alpha value is -2.78. The molecular formula is C23H23NO2. The first-order chi connectivity index (χ1) is 12.7. The Morgan fingerprint density at radius 2 is 1.65 bits per heavy atom. The summed E-state index contributed by atoms with van der Waals surface area (Å²) in [6.07, 6.45) is 0.900. The Morgan fingerprint density at radius 1 is 0.885 bits per heavy atom. The lowest BCUT2D eigenvalue weighted by Gasteiger charge is -2.10. The maximum atomic E-state index is 5.32. The second-order valence-corrected chi connectivity index (χ2v) is 6.58. The van der Waals surface area contributed by atoms with E-state index >= 15 is 0 Å². The fourth-order valence-corrected chi connectivity index (χ4v) is 3.70. The summed E-state index contributed by atoms with van der Waals surface area (Å²) in [5.74, 6) is 0.874. The van der Waals surface area contributed by atoms with Gasteiger partial charge in [0.15, 0.2) is 0 Å². The predicted octanol–water partition coefficient (Wildman–Crippen LogP) is 5.20. The van der Waals surface area contributed by atoms with Gasteiger partial charge >= 0.3 is 0 Å². The number of aromatic nitrogens is 1. The monoisotopic (exact) mass is 345 g/mol. The lowest BCUT2D eigenvalue weighted by molar-refractivity contribution is 0.202. The van der Waals surface area contributed by atoms with Crippen LogP contribution in [0.3, 0.4) is 0 Å². The highest BCUT2D eigenvalue weighted by molar-refractivity contribution is 6.15. The van der Waals surface area contributed by atoms with Crippen LogP contribution in [0.2, 0.25) is 0 Å². The van der Waals surface area contributed by atoms with Crippen LogP contribution >= 0.6 is 0 Å². The molecule has 26 heavy (non-hydrogen) atoms. The molecule has 0 aliphatic rings. The number of hydrogen-bond donors (Lipinski definition) is 0. The molecule has 0 aliphatic heterocycles. The first kappa shape index (κ1) is 16.7. The van der Waals surface area contributed by atoms with Crippen LogP contribution in [0.5, 0.6) is 5.75 Å². The van der Waals surface area contributed by atoms with Crippen LogP contribution in [0.25, 0.3) is 32.9 Å². The SMILES string of the molecule is COCCc1cc(-c2ccc(OC)cc2)c2c3ccccc3n(C)c2c1. The summed E-state index contributed by atoms with van der Waals surface area (Å²) in [4.78, 5) is 0. The molecule has 1 aromatic heterocycles. The number of nitrogens with zero attached hydrogens (tertiary/aromatic N) is 1. The molecule has 3 heteroatoms. The molecule has 3 nitrogen and oxygen atoms in total. The zero-order chi connectivity index (χ0) is 18.1. The lowest BCUT2D eigenvalue weighted by atomic mass is 9.96. The minimum absolute atomic E-state index is 0.720. The van der Waals surface area contributed by atoms with Crippen molar-refractivity contribution in [1.29, 1.82) is 0 Å². The van der Waals surface area contributed by atoms with E-state index in [-0.39, 0.29) is 0 Å². The molecule has 3 aromatic carbocycles. The molecule has 4 aromatic rings. The maximum absolute atomic E-state index is 5.32. The van der Waals surface area contributed by atoms with Gasteiger partial charge in [-0.2, -0.15) is 0 Å². The van der Waals surface area contributed by atoms with Gasteiger partial charge in [-0.3, -0.25) is 0 Å². The molecule has 132 valence electrons. The Labute approximate surface area is 153 Å². The van der Waals surface area contributed by atoms with Crippen molar-refractivity contribution in [2.45, 2.75) is 6.42 Å². The summed E-state index contributed by atoms with van der Waals surface area (Å²) in [7, 11) is 5.59. The van der Waals surface area contributed by atoms with Gasteiger partial charge in [-0.05, 0) is 47.4 Å². The number of ether oxygens (including phenoxy) is 2. The van der Waals surface area contributed by atoms with E-state index in [2.05, 4.69) is 60.1 Å². The number of fused-ring (bicyclic) bond motifs is 3. The Kier molecular flexibility index (Phi) is 4.39. The van der Waals surface area contributed by atoms with Gasteiger partial charge in [0.25, 0.3) is 0 Å². The lowest BCUT2D eigenvalue weighted by Crippen LogP contribution is -1.96. The quantitative estimate of drug-likeness (QED) is 0.496. The molecule has 0 saturated carbocycles. The van der Waals surface area contributed by atoms with E-state index in [1.807, 2.05) is 12.1 Å². The summed E-state index contributed by atoms with van der Waals surface area (Å²) >= 11 is 0. The summed E-state index contributed by atoms with van der Waals surface area (Å²) in [6, 6.07) is 21.5. The minimum Gasteiger partial charge on any atom is -0.497 e. The van der Waals surface area contributed by atoms with Crippen molar-refractivity contribution in [3.05, 3.63) is 66.2 Å². The summed E-state index contributed by atoms with van der Waals surface area (Å²) in [6.45, 7) is 0.720. The average molecular weight is 345 g/mol.